The van der Waals surface area contributed by atoms with Crippen molar-refractivity contribution in [3.63, 3.8) is 0 Å². The second-order valence-electron chi connectivity index (χ2n) is 5.61. The number of hydrogen-bond acceptors (Lipinski definition) is 4. The van der Waals surface area contributed by atoms with Crippen molar-refractivity contribution in [2.45, 2.75) is 25.8 Å². The van der Waals surface area contributed by atoms with Gasteiger partial charge in [0, 0.05) is 11.6 Å². The molecule has 0 unspecified atom stereocenters. The number of hydrogen-bond donors (Lipinski definition) is 1. The average Bonchev–Trinajstić information content (AvgIpc) is 3.27. The Morgan fingerprint density at radius 3 is 2.91 bits per heavy atom. The smallest absolute Gasteiger partial charge is 0.227 e. The zero-order valence-corrected chi connectivity index (χ0v) is 12.8. The Hall–Kier alpha value is -2.08. The number of fused-ring (bicyclic) bond motifs is 1. The summed E-state index contributed by atoms with van der Waals surface area (Å²) in [6, 6.07) is 4.27. The van der Waals surface area contributed by atoms with Gasteiger partial charge in [-0.25, -0.2) is 14.6 Å². The van der Waals surface area contributed by atoms with E-state index in [2.05, 4.69) is 20.4 Å². The summed E-state index contributed by atoms with van der Waals surface area (Å²) in [6.07, 6.45) is 5.74. The molecule has 1 aromatic carbocycles. The Labute approximate surface area is 134 Å². The van der Waals surface area contributed by atoms with Crippen LogP contribution in [0.5, 0.6) is 0 Å². The molecule has 7 heteroatoms. The van der Waals surface area contributed by atoms with E-state index < -0.39 is 0 Å². The molecule has 0 spiro atoms. The van der Waals surface area contributed by atoms with Crippen LogP contribution >= 0.6 is 11.6 Å². The largest absolute Gasteiger partial charge is 0.320 e. The van der Waals surface area contributed by atoms with E-state index in [1.54, 1.807) is 12.4 Å². The van der Waals surface area contributed by atoms with Gasteiger partial charge in [-0.2, -0.15) is 5.10 Å². The summed E-state index contributed by atoms with van der Waals surface area (Å²) in [5, 5.41) is 8.98. The van der Waals surface area contributed by atoms with Gasteiger partial charge < -0.3 is 5.32 Å². The van der Waals surface area contributed by atoms with Gasteiger partial charge in [0.2, 0.25) is 5.95 Å². The third-order valence-corrected chi connectivity index (χ3v) is 4.22. The number of nitrogens with zero attached hydrogens (tertiary/aromatic N) is 4. The minimum Gasteiger partial charge on any atom is -0.320 e. The Morgan fingerprint density at radius 2 is 2.14 bits per heavy atom. The topological polar surface area (TPSA) is 55.6 Å². The Bertz CT molecular complexity index is 872. The number of aryl methyl sites for hydroxylation is 1. The van der Waals surface area contributed by atoms with Gasteiger partial charge in [0.05, 0.1) is 23.4 Å². The molecule has 0 aliphatic heterocycles. The lowest BCUT2D eigenvalue weighted by molar-refractivity contribution is 0.643. The highest BCUT2D eigenvalue weighted by Crippen LogP contribution is 2.39. The van der Waals surface area contributed by atoms with E-state index in [0.717, 1.165) is 34.8 Å². The minimum absolute atomic E-state index is 0.434. The van der Waals surface area contributed by atoms with Crippen LogP contribution < -0.4 is 10.8 Å². The van der Waals surface area contributed by atoms with Crippen molar-refractivity contribution < 1.29 is 0 Å². The van der Waals surface area contributed by atoms with Gasteiger partial charge >= 0.3 is 0 Å². The first-order valence-electron chi connectivity index (χ1n) is 7.15. The molecule has 5 nitrogen and oxygen atoms in total. The molecule has 0 saturated heterocycles. The molecular weight excluding hydrogens is 296 g/mol. The summed E-state index contributed by atoms with van der Waals surface area (Å²) in [4.78, 5) is 8.81. The van der Waals surface area contributed by atoms with Crippen LogP contribution in [0.4, 0.5) is 11.6 Å². The second kappa shape index (κ2) is 4.99. The third-order valence-electron chi connectivity index (χ3n) is 3.84. The molecule has 2 aromatic heterocycles. The van der Waals surface area contributed by atoms with Crippen molar-refractivity contribution in [2.75, 3.05) is 5.32 Å². The lowest BCUT2D eigenvalue weighted by Gasteiger charge is -2.07. The molecule has 1 N–H and O–H groups in total. The van der Waals surface area contributed by atoms with Gasteiger partial charge in [-0.1, -0.05) is 22.6 Å². The summed E-state index contributed by atoms with van der Waals surface area (Å²) < 4.78 is 1.84. The van der Waals surface area contributed by atoms with Crippen LogP contribution in [0.1, 0.15) is 24.4 Å². The van der Waals surface area contributed by atoms with E-state index in [1.165, 1.54) is 0 Å². The predicted octanol–water partition coefficient (Wildman–Crippen LogP) is 2.66. The zero-order chi connectivity index (χ0) is 15.3. The van der Waals surface area contributed by atoms with Gasteiger partial charge in [0.25, 0.3) is 0 Å². The van der Waals surface area contributed by atoms with Gasteiger partial charge in [0.1, 0.15) is 7.85 Å². The van der Waals surface area contributed by atoms with Crippen LogP contribution in [0.25, 0.3) is 10.9 Å². The van der Waals surface area contributed by atoms with Gasteiger partial charge in [-0.05, 0) is 31.9 Å². The quantitative estimate of drug-likeness (QED) is 0.756. The van der Waals surface area contributed by atoms with Crippen LogP contribution in [0.2, 0.25) is 5.15 Å². The predicted molar refractivity (Wildman–Crippen MR) is 88.5 cm³/mol. The van der Waals surface area contributed by atoms with E-state index in [1.807, 2.05) is 23.7 Å². The Kier molecular flexibility index (Phi) is 3.08. The lowest BCUT2D eigenvalue weighted by atomic mass is 9.90. The number of benzene rings is 1. The van der Waals surface area contributed by atoms with Crippen molar-refractivity contribution in [3.8, 4) is 0 Å². The fourth-order valence-corrected chi connectivity index (χ4v) is 2.67. The third kappa shape index (κ3) is 2.33. The number of rotatable bonds is 3. The van der Waals surface area contributed by atoms with Crippen LogP contribution in [-0.4, -0.2) is 27.6 Å². The van der Waals surface area contributed by atoms with Gasteiger partial charge in [0.15, 0.2) is 5.15 Å². The van der Waals surface area contributed by atoms with Crippen molar-refractivity contribution in [2.24, 2.45) is 0 Å². The molecular formula is C15H13BClN5. The van der Waals surface area contributed by atoms with Crippen LogP contribution in [-0.2, 0) is 0 Å². The molecule has 108 valence electrons. The first-order valence-corrected chi connectivity index (χ1v) is 7.52. The highest BCUT2D eigenvalue weighted by atomic mass is 35.5. The summed E-state index contributed by atoms with van der Waals surface area (Å²) >= 11 is 6.34. The maximum Gasteiger partial charge on any atom is 0.227 e. The van der Waals surface area contributed by atoms with E-state index in [4.69, 9.17) is 19.4 Å². The summed E-state index contributed by atoms with van der Waals surface area (Å²) in [5.74, 6) is 0.480. The minimum atomic E-state index is 0.434. The molecule has 0 atom stereocenters. The Balaban J connectivity index is 1.68. The van der Waals surface area contributed by atoms with E-state index in [0.29, 0.717) is 22.8 Å². The molecule has 2 radical (unpaired) electrons. The maximum absolute atomic E-state index is 6.34. The normalized spacial score (nSPS) is 14.5. The number of nitrogens with one attached hydrogen (secondary N) is 1. The number of aromatic nitrogens is 4. The monoisotopic (exact) mass is 309 g/mol. The molecule has 2 heterocycles. The molecule has 1 aliphatic carbocycles. The fraction of sp³-hybridized carbons (Fsp3) is 0.267. The summed E-state index contributed by atoms with van der Waals surface area (Å²) in [7, 11) is 5.94. The average molecular weight is 310 g/mol. The van der Waals surface area contributed by atoms with Crippen LogP contribution in [0, 0.1) is 6.92 Å². The van der Waals surface area contributed by atoms with E-state index >= 15 is 0 Å². The Morgan fingerprint density at radius 1 is 1.32 bits per heavy atom. The zero-order valence-electron chi connectivity index (χ0n) is 12.0. The first kappa shape index (κ1) is 13.6. The lowest BCUT2D eigenvalue weighted by Crippen LogP contribution is -2.07. The standard InChI is InChI=1S/C15H13BClN5/c1-8-4-9-6-18-15(20-12(9)5-11(8)16)21-13-7-19-22(14(13)17)10-2-3-10/h4-7,10H,2-3H2,1H3,(H,18,20,21). The van der Waals surface area contributed by atoms with Crippen molar-refractivity contribution in [3.05, 3.63) is 35.2 Å². The molecule has 4 rings (SSSR count). The summed E-state index contributed by atoms with van der Waals surface area (Å²) in [5.41, 5.74) is 3.25. The maximum atomic E-state index is 6.34. The van der Waals surface area contributed by atoms with Crippen molar-refractivity contribution >= 4 is 47.4 Å². The van der Waals surface area contributed by atoms with E-state index in [9.17, 15) is 0 Å². The molecule has 1 aliphatic rings. The second-order valence-corrected chi connectivity index (χ2v) is 5.97. The SMILES string of the molecule is [B]c1cc2nc(Nc3cnn(C4CC4)c3Cl)ncc2cc1C. The number of halogens is 1. The number of anilines is 2. The molecule has 3 aromatic rings. The highest BCUT2D eigenvalue weighted by Gasteiger charge is 2.27. The summed E-state index contributed by atoms with van der Waals surface area (Å²) in [6.45, 7) is 1.97. The van der Waals surface area contributed by atoms with Gasteiger partial charge in [-0.15, -0.1) is 0 Å². The van der Waals surface area contributed by atoms with Crippen LogP contribution in [0.3, 0.4) is 0 Å². The fourth-order valence-electron chi connectivity index (χ4n) is 2.39. The molecule has 1 fully saturated rings. The van der Waals surface area contributed by atoms with Crippen molar-refractivity contribution in [1.29, 1.82) is 0 Å². The van der Waals surface area contributed by atoms with Crippen molar-refractivity contribution in [1.82, 2.24) is 19.7 Å². The van der Waals surface area contributed by atoms with Gasteiger partial charge in [-0.3, -0.25) is 0 Å². The molecule has 22 heavy (non-hydrogen) atoms. The highest BCUT2D eigenvalue weighted by molar-refractivity contribution is 6.34. The first-order chi connectivity index (χ1) is 10.6. The molecule has 0 bridgehead atoms. The molecule has 0 amide bonds. The van der Waals surface area contributed by atoms with E-state index in [-0.39, 0.29) is 0 Å². The van der Waals surface area contributed by atoms with Crippen LogP contribution in [0.15, 0.2) is 24.5 Å². The molecule has 1 saturated carbocycles.